The van der Waals surface area contributed by atoms with Gasteiger partial charge in [-0.2, -0.15) is 9.78 Å². The molecule has 15 heavy (non-hydrogen) atoms. The summed E-state index contributed by atoms with van der Waals surface area (Å²) in [5.41, 5.74) is -1.13. The maximum absolute atomic E-state index is 11.3. The minimum atomic E-state index is -0.592. The summed E-state index contributed by atoms with van der Waals surface area (Å²) in [5.74, 6) is 0. The fourth-order valence-electron chi connectivity index (χ4n) is 1.57. The number of nitrogens with one attached hydrogen (secondary N) is 1. The van der Waals surface area contributed by atoms with Crippen LogP contribution in [0.5, 0.6) is 0 Å². The van der Waals surface area contributed by atoms with Gasteiger partial charge in [0.25, 0.3) is 5.56 Å². The molecule has 0 unspecified atom stereocenters. The standard InChI is InChI=1S/C8H11N3O4/c12-4-5-1-2-7(15-5)11-8(14)10-6(13)3-9-11/h3,5,7,12H,1-2,4H2,(H,10,13,14)/t5-,7+/m0/s1. The molecule has 1 aromatic rings. The number of rotatable bonds is 2. The third kappa shape index (κ3) is 1.97. The monoisotopic (exact) mass is 213 g/mol. The molecule has 1 aliphatic rings. The van der Waals surface area contributed by atoms with Crippen molar-refractivity contribution < 1.29 is 9.84 Å². The Kier molecular flexibility index (Phi) is 2.65. The molecule has 1 aliphatic heterocycles. The van der Waals surface area contributed by atoms with Gasteiger partial charge in [-0.3, -0.25) is 9.78 Å². The van der Waals surface area contributed by atoms with Gasteiger partial charge in [-0.25, -0.2) is 4.79 Å². The zero-order valence-corrected chi connectivity index (χ0v) is 7.92. The van der Waals surface area contributed by atoms with Crippen molar-refractivity contribution >= 4 is 0 Å². The smallest absolute Gasteiger partial charge is 0.347 e. The van der Waals surface area contributed by atoms with Gasteiger partial charge in [-0.1, -0.05) is 0 Å². The Morgan fingerprint density at radius 2 is 2.40 bits per heavy atom. The van der Waals surface area contributed by atoms with Gasteiger partial charge < -0.3 is 9.84 Å². The summed E-state index contributed by atoms with van der Waals surface area (Å²) >= 11 is 0. The van der Waals surface area contributed by atoms with E-state index in [1.807, 2.05) is 0 Å². The molecule has 0 amide bonds. The first-order chi connectivity index (χ1) is 7.20. The number of H-pyrrole nitrogens is 1. The molecule has 1 fully saturated rings. The van der Waals surface area contributed by atoms with Gasteiger partial charge in [0, 0.05) is 0 Å². The van der Waals surface area contributed by atoms with Gasteiger partial charge in [0.15, 0.2) is 6.23 Å². The Hall–Kier alpha value is -1.47. The Bertz CT molecular complexity index is 452. The van der Waals surface area contributed by atoms with Gasteiger partial charge in [0.05, 0.1) is 12.7 Å². The van der Waals surface area contributed by atoms with E-state index in [4.69, 9.17) is 9.84 Å². The van der Waals surface area contributed by atoms with Crippen molar-refractivity contribution in [2.45, 2.75) is 25.2 Å². The normalized spacial score (nSPS) is 25.7. The molecule has 2 heterocycles. The topological polar surface area (TPSA) is 97.2 Å². The first-order valence-electron chi connectivity index (χ1n) is 4.65. The molecular weight excluding hydrogens is 202 g/mol. The van der Waals surface area contributed by atoms with Gasteiger partial charge in [-0.05, 0) is 12.8 Å². The van der Waals surface area contributed by atoms with E-state index in [1.165, 1.54) is 0 Å². The zero-order chi connectivity index (χ0) is 10.8. The number of nitrogens with zero attached hydrogens (tertiary/aromatic N) is 2. The second kappa shape index (κ2) is 3.95. The zero-order valence-electron chi connectivity index (χ0n) is 7.92. The van der Waals surface area contributed by atoms with Crippen molar-refractivity contribution in [1.82, 2.24) is 14.8 Å². The maximum atomic E-state index is 11.3. The van der Waals surface area contributed by atoms with Gasteiger partial charge >= 0.3 is 5.69 Å². The Balaban J connectivity index is 2.24. The highest BCUT2D eigenvalue weighted by molar-refractivity contribution is 4.75. The first-order valence-corrected chi connectivity index (χ1v) is 4.65. The molecule has 2 N–H and O–H groups in total. The minimum absolute atomic E-state index is 0.0748. The number of ether oxygens (including phenoxy) is 1. The molecule has 0 bridgehead atoms. The van der Waals surface area contributed by atoms with E-state index >= 15 is 0 Å². The molecule has 2 atom stereocenters. The van der Waals surface area contributed by atoms with Gasteiger partial charge in [-0.15, -0.1) is 0 Å². The summed E-state index contributed by atoms with van der Waals surface area (Å²) in [5, 5.41) is 12.5. The molecular formula is C8H11N3O4. The van der Waals surface area contributed by atoms with Crippen molar-refractivity contribution in [3.8, 4) is 0 Å². The summed E-state index contributed by atoms with van der Waals surface area (Å²) < 4.78 is 6.43. The third-order valence-electron chi connectivity index (χ3n) is 2.30. The highest BCUT2D eigenvalue weighted by Gasteiger charge is 2.27. The maximum Gasteiger partial charge on any atom is 0.347 e. The summed E-state index contributed by atoms with van der Waals surface area (Å²) in [6.45, 7) is -0.0748. The first kappa shape index (κ1) is 10.1. The number of aliphatic hydroxyl groups is 1. The Morgan fingerprint density at radius 3 is 3.00 bits per heavy atom. The van der Waals surface area contributed by atoms with E-state index < -0.39 is 17.5 Å². The second-order valence-electron chi connectivity index (χ2n) is 3.36. The van der Waals surface area contributed by atoms with Crippen molar-refractivity contribution in [1.29, 1.82) is 0 Å². The van der Waals surface area contributed by atoms with Gasteiger partial charge in [0.1, 0.15) is 6.20 Å². The molecule has 0 aromatic carbocycles. The molecule has 1 saturated heterocycles. The molecule has 2 rings (SSSR count). The molecule has 1 aromatic heterocycles. The van der Waals surface area contributed by atoms with Crippen molar-refractivity contribution in [2.75, 3.05) is 6.61 Å². The largest absolute Gasteiger partial charge is 0.394 e. The van der Waals surface area contributed by atoms with Crippen LogP contribution in [0.3, 0.4) is 0 Å². The number of aliphatic hydroxyl groups excluding tert-OH is 1. The quantitative estimate of drug-likeness (QED) is 0.629. The summed E-state index contributed by atoms with van der Waals surface area (Å²) in [6.07, 6.45) is 1.55. The number of hydrogen-bond donors (Lipinski definition) is 2. The second-order valence-corrected chi connectivity index (χ2v) is 3.36. The van der Waals surface area contributed by atoms with Gasteiger partial charge in [0.2, 0.25) is 0 Å². The number of aromatic nitrogens is 3. The number of aromatic amines is 1. The SMILES string of the molecule is O=c1cnn([C@H]2CC[C@@H](CO)O2)c(=O)[nH]1. The average molecular weight is 213 g/mol. The predicted octanol–water partition coefficient (Wildman–Crippen LogP) is -1.40. The summed E-state index contributed by atoms with van der Waals surface area (Å²) in [6, 6.07) is 0. The van der Waals surface area contributed by atoms with E-state index in [0.717, 1.165) is 10.9 Å². The molecule has 0 aliphatic carbocycles. The lowest BCUT2D eigenvalue weighted by atomic mass is 10.2. The van der Waals surface area contributed by atoms with Crippen LogP contribution in [-0.4, -0.2) is 32.6 Å². The van der Waals surface area contributed by atoms with Crippen molar-refractivity contribution in [2.24, 2.45) is 0 Å². The highest BCUT2D eigenvalue weighted by Crippen LogP contribution is 2.25. The third-order valence-corrected chi connectivity index (χ3v) is 2.30. The molecule has 7 heteroatoms. The van der Waals surface area contributed by atoms with E-state index in [1.54, 1.807) is 0 Å². The van der Waals surface area contributed by atoms with Crippen LogP contribution in [0.25, 0.3) is 0 Å². The lowest BCUT2D eigenvalue weighted by Crippen LogP contribution is -2.34. The van der Waals surface area contributed by atoms with E-state index in [9.17, 15) is 9.59 Å². The van der Waals surface area contributed by atoms with Crippen molar-refractivity contribution in [3.05, 3.63) is 27.0 Å². The Labute approximate surface area is 84.3 Å². The molecule has 82 valence electrons. The van der Waals surface area contributed by atoms with Crippen LogP contribution < -0.4 is 11.2 Å². The van der Waals surface area contributed by atoms with Crippen LogP contribution in [0, 0.1) is 0 Å². The van der Waals surface area contributed by atoms with Crippen LogP contribution in [0.2, 0.25) is 0 Å². The van der Waals surface area contributed by atoms with Crippen LogP contribution in [0.15, 0.2) is 15.8 Å². The lowest BCUT2D eigenvalue weighted by Gasteiger charge is -2.12. The van der Waals surface area contributed by atoms with Crippen LogP contribution >= 0.6 is 0 Å². The van der Waals surface area contributed by atoms with Crippen LogP contribution in [-0.2, 0) is 4.74 Å². The minimum Gasteiger partial charge on any atom is -0.394 e. The Morgan fingerprint density at radius 1 is 1.60 bits per heavy atom. The molecule has 0 spiro atoms. The van der Waals surface area contributed by atoms with Crippen LogP contribution in [0.4, 0.5) is 0 Å². The van der Waals surface area contributed by atoms with Crippen molar-refractivity contribution in [3.63, 3.8) is 0 Å². The summed E-state index contributed by atoms with van der Waals surface area (Å²) in [4.78, 5) is 24.2. The molecule has 7 nitrogen and oxygen atoms in total. The molecule has 0 radical (unpaired) electrons. The fourth-order valence-corrected chi connectivity index (χ4v) is 1.57. The number of hydrogen-bond acceptors (Lipinski definition) is 5. The van der Waals surface area contributed by atoms with E-state index in [2.05, 4.69) is 10.1 Å². The van der Waals surface area contributed by atoms with E-state index in [0.29, 0.717) is 12.8 Å². The average Bonchev–Trinajstić information content (AvgIpc) is 2.66. The van der Waals surface area contributed by atoms with E-state index in [-0.39, 0.29) is 12.7 Å². The van der Waals surface area contributed by atoms with Crippen LogP contribution in [0.1, 0.15) is 19.1 Å². The lowest BCUT2D eigenvalue weighted by molar-refractivity contribution is -0.0313. The molecule has 0 saturated carbocycles. The fraction of sp³-hybridized carbons (Fsp3) is 0.625. The highest BCUT2D eigenvalue weighted by atomic mass is 16.5. The summed E-state index contributed by atoms with van der Waals surface area (Å²) in [7, 11) is 0. The predicted molar refractivity (Wildman–Crippen MR) is 49.3 cm³/mol.